The number of hydrogen-bond donors (Lipinski definition) is 2. The topological polar surface area (TPSA) is 59.6 Å². The first-order valence-electron chi connectivity index (χ1n) is 7.19. The Morgan fingerprint density at radius 1 is 1.48 bits per heavy atom. The summed E-state index contributed by atoms with van der Waals surface area (Å²) in [6.45, 7) is 4.56. The van der Waals surface area contributed by atoms with Gasteiger partial charge in [0.2, 0.25) is 0 Å². The van der Waals surface area contributed by atoms with Crippen molar-refractivity contribution in [2.45, 2.75) is 19.9 Å². The fourth-order valence-corrected chi connectivity index (χ4v) is 2.15. The lowest BCUT2D eigenvalue weighted by atomic mass is 10.1. The molecule has 2 rings (SSSR count). The predicted octanol–water partition coefficient (Wildman–Crippen LogP) is 2.06. The molecule has 1 fully saturated rings. The Balaban J connectivity index is 1.74. The number of carbonyl (C=O) groups is 1. The molecule has 0 bridgehead atoms. The van der Waals surface area contributed by atoms with Crippen molar-refractivity contribution in [3.63, 3.8) is 0 Å². The van der Waals surface area contributed by atoms with E-state index in [1.54, 1.807) is 19.1 Å². The molecule has 0 radical (unpaired) electrons. The molecule has 1 saturated heterocycles. The number of halogens is 1. The van der Waals surface area contributed by atoms with E-state index in [0.717, 1.165) is 13.0 Å². The minimum absolute atomic E-state index is 0.229. The number of carbonyl (C=O) groups excluding carboxylic acids is 1. The molecule has 1 aliphatic heterocycles. The van der Waals surface area contributed by atoms with Gasteiger partial charge in [0.15, 0.2) is 11.6 Å². The molecule has 2 amide bonds. The molecular formula is C15H21FN2O3. The van der Waals surface area contributed by atoms with E-state index in [9.17, 15) is 9.18 Å². The van der Waals surface area contributed by atoms with Crippen LogP contribution in [-0.4, -0.2) is 32.4 Å². The van der Waals surface area contributed by atoms with Crippen LogP contribution in [0.15, 0.2) is 18.2 Å². The number of urea groups is 1. The van der Waals surface area contributed by atoms with Gasteiger partial charge in [-0.1, -0.05) is 6.07 Å². The minimum Gasteiger partial charge on any atom is -0.491 e. The lowest BCUT2D eigenvalue weighted by Gasteiger charge is -2.11. The summed E-state index contributed by atoms with van der Waals surface area (Å²) in [6, 6.07) is 4.43. The highest BCUT2D eigenvalue weighted by molar-refractivity contribution is 5.73. The van der Waals surface area contributed by atoms with Crippen LogP contribution in [0.25, 0.3) is 0 Å². The second-order valence-corrected chi connectivity index (χ2v) is 4.99. The second-order valence-electron chi connectivity index (χ2n) is 4.99. The van der Waals surface area contributed by atoms with Crippen LogP contribution in [0.1, 0.15) is 18.9 Å². The van der Waals surface area contributed by atoms with Gasteiger partial charge < -0.3 is 20.1 Å². The van der Waals surface area contributed by atoms with Crippen LogP contribution >= 0.6 is 0 Å². The van der Waals surface area contributed by atoms with Gasteiger partial charge in [-0.25, -0.2) is 9.18 Å². The van der Waals surface area contributed by atoms with E-state index in [0.29, 0.717) is 31.2 Å². The zero-order valence-electron chi connectivity index (χ0n) is 12.2. The van der Waals surface area contributed by atoms with Crippen molar-refractivity contribution in [2.24, 2.45) is 5.92 Å². The minimum atomic E-state index is -0.417. The lowest BCUT2D eigenvalue weighted by Crippen LogP contribution is -2.38. The molecule has 1 aromatic rings. The normalized spacial score (nSPS) is 17.5. The average molecular weight is 296 g/mol. The zero-order chi connectivity index (χ0) is 15.1. The number of rotatable bonds is 6. The van der Waals surface area contributed by atoms with E-state index in [1.807, 2.05) is 0 Å². The number of hydrogen-bond acceptors (Lipinski definition) is 3. The summed E-state index contributed by atoms with van der Waals surface area (Å²) in [5.74, 6) is 0.199. The van der Waals surface area contributed by atoms with Gasteiger partial charge in [0.25, 0.3) is 0 Å². The van der Waals surface area contributed by atoms with Crippen molar-refractivity contribution < 1.29 is 18.7 Å². The average Bonchev–Trinajstić information content (AvgIpc) is 2.99. The molecule has 116 valence electrons. The Bertz CT molecular complexity index is 476. The van der Waals surface area contributed by atoms with Crippen molar-refractivity contribution >= 4 is 6.03 Å². The maximum absolute atomic E-state index is 13.6. The molecule has 0 aliphatic carbocycles. The molecule has 0 aromatic heterocycles. The number of ether oxygens (including phenoxy) is 2. The Morgan fingerprint density at radius 3 is 3.00 bits per heavy atom. The summed E-state index contributed by atoms with van der Waals surface area (Å²) in [4.78, 5) is 11.6. The predicted molar refractivity (Wildman–Crippen MR) is 76.7 cm³/mol. The van der Waals surface area contributed by atoms with Crippen molar-refractivity contribution in [3.05, 3.63) is 29.6 Å². The molecule has 1 aliphatic rings. The van der Waals surface area contributed by atoms with E-state index in [4.69, 9.17) is 9.47 Å². The monoisotopic (exact) mass is 296 g/mol. The van der Waals surface area contributed by atoms with Gasteiger partial charge in [0, 0.05) is 25.6 Å². The Morgan fingerprint density at radius 2 is 2.33 bits per heavy atom. The van der Waals surface area contributed by atoms with Gasteiger partial charge in [-0.05, 0) is 31.0 Å². The van der Waals surface area contributed by atoms with Crippen LogP contribution in [0.3, 0.4) is 0 Å². The summed E-state index contributed by atoms with van der Waals surface area (Å²) < 4.78 is 24.0. The summed E-state index contributed by atoms with van der Waals surface area (Å²) in [5, 5.41) is 5.50. The van der Waals surface area contributed by atoms with Crippen LogP contribution in [-0.2, 0) is 11.3 Å². The summed E-state index contributed by atoms with van der Waals surface area (Å²) in [5.41, 5.74) is 0.690. The third-order valence-corrected chi connectivity index (χ3v) is 3.32. The van der Waals surface area contributed by atoms with Crippen LogP contribution in [0.4, 0.5) is 9.18 Å². The van der Waals surface area contributed by atoms with Gasteiger partial charge in [-0.2, -0.15) is 0 Å². The molecule has 6 heteroatoms. The van der Waals surface area contributed by atoms with Crippen LogP contribution < -0.4 is 15.4 Å². The first-order valence-corrected chi connectivity index (χ1v) is 7.19. The maximum atomic E-state index is 13.6. The molecule has 1 atom stereocenters. The highest BCUT2D eigenvalue weighted by atomic mass is 19.1. The summed E-state index contributed by atoms with van der Waals surface area (Å²) >= 11 is 0. The molecule has 0 saturated carbocycles. The Labute approximate surface area is 123 Å². The molecule has 21 heavy (non-hydrogen) atoms. The smallest absolute Gasteiger partial charge is 0.315 e. The first-order chi connectivity index (χ1) is 10.2. The highest BCUT2D eigenvalue weighted by Gasteiger charge is 2.16. The zero-order valence-corrected chi connectivity index (χ0v) is 12.2. The summed E-state index contributed by atoms with van der Waals surface area (Å²) in [7, 11) is 0. The third kappa shape index (κ3) is 4.90. The van der Waals surface area contributed by atoms with Crippen LogP contribution in [0, 0.1) is 11.7 Å². The van der Waals surface area contributed by atoms with E-state index in [-0.39, 0.29) is 18.3 Å². The highest BCUT2D eigenvalue weighted by Crippen LogP contribution is 2.18. The maximum Gasteiger partial charge on any atom is 0.315 e. The molecule has 0 unspecified atom stereocenters. The van der Waals surface area contributed by atoms with Crippen LogP contribution in [0.5, 0.6) is 5.75 Å². The molecule has 1 heterocycles. The fraction of sp³-hybridized carbons (Fsp3) is 0.533. The largest absolute Gasteiger partial charge is 0.491 e. The number of amides is 2. The first kappa shape index (κ1) is 15.6. The molecule has 0 spiro atoms. The third-order valence-electron chi connectivity index (χ3n) is 3.32. The van der Waals surface area contributed by atoms with E-state index in [2.05, 4.69) is 10.6 Å². The number of benzene rings is 1. The number of nitrogens with one attached hydrogen (secondary N) is 2. The van der Waals surface area contributed by atoms with Crippen molar-refractivity contribution in [1.29, 1.82) is 0 Å². The van der Waals surface area contributed by atoms with Crippen molar-refractivity contribution in [1.82, 2.24) is 10.6 Å². The van der Waals surface area contributed by atoms with Gasteiger partial charge in [0.05, 0.1) is 13.2 Å². The molecular weight excluding hydrogens is 275 g/mol. The van der Waals surface area contributed by atoms with Crippen molar-refractivity contribution in [3.8, 4) is 5.75 Å². The summed E-state index contributed by atoms with van der Waals surface area (Å²) in [6.07, 6.45) is 0.977. The SMILES string of the molecule is CCOc1ccc(CNC(=O)NC[C@@H]2CCOC2)cc1F. The molecule has 2 N–H and O–H groups in total. The quantitative estimate of drug-likeness (QED) is 0.845. The second kappa shape index (κ2) is 7.83. The van der Waals surface area contributed by atoms with Crippen molar-refractivity contribution in [2.75, 3.05) is 26.4 Å². The van der Waals surface area contributed by atoms with Gasteiger partial charge in [-0.3, -0.25) is 0 Å². The van der Waals surface area contributed by atoms with E-state index >= 15 is 0 Å². The van der Waals surface area contributed by atoms with E-state index < -0.39 is 5.82 Å². The van der Waals surface area contributed by atoms with Gasteiger partial charge in [-0.15, -0.1) is 0 Å². The Kier molecular flexibility index (Phi) is 5.80. The molecule has 5 nitrogen and oxygen atoms in total. The van der Waals surface area contributed by atoms with Gasteiger partial charge in [0.1, 0.15) is 0 Å². The molecule has 1 aromatic carbocycles. The van der Waals surface area contributed by atoms with Gasteiger partial charge >= 0.3 is 6.03 Å². The standard InChI is InChI=1S/C15H21FN2O3/c1-2-21-14-4-3-11(7-13(14)16)8-17-15(19)18-9-12-5-6-20-10-12/h3-4,7,12H,2,5-6,8-10H2,1H3,(H2,17,18,19)/t12-/m0/s1. The van der Waals surface area contributed by atoms with E-state index in [1.165, 1.54) is 6.07 Å². The lowest BCUT2D eigenvalue weighted by molar-refractivity contribution is 0.185. The Hall–Kier alpha value is -1.82. The fourth-order valence-electron chi connectivity index (χ4n) is 2.15. The van der Waals surface area contributed by atoms with Crippen LogP contribution in [0.2, 0.25) is 0 Å².